The van der Waals surface area contributed by atoms with Crippen LogP contribution in [0.5, 0.6) is 0 Å². The summed E-state index contributed by atoms with van der Waals surface area (Å²) in [7, 11) is 1.64. The fourth-order valence-corrected chi connectivity index (χ4v) is 1.80. The molecule has 1 rings (SSSR count). The summed E-state index contributed by atoms with van der Waals surface area (Å²) < 4.78 is 4.92. The number of ether oxygens (including phenoxy) is 1. The predicted octanol–water partition coefficient (Wildman–Crippen LogP) is 1.99. The normalized spacial score (nSPS) is 15.9. The summed E-state index contributed by atoms with van der Waals surface area (Å²) in [5, 5.41) is 13.9. The number of hydrogen-bond acceptors (Lipinski definition) is 3. The van der Waals surface area contributed by atoms with E-state index in [4.69, 9.17) is 4.74 Å². The quantitative estimate of drug-likeness (QED) is 0.779. The van der Waals surface area contributed by atoms with E-state index in [-0.39, 0.29) is 0 Å². The Morgan fingerprint density at radius 3 is 2.92 bits per heavy atom. The van der Waals surface area contributed by atoms with Gasteiger partial charge in [-0.15, -0.1) is 0 Å². The van der Waals surface area contributed by atoms with E-state index in [2.05, 4.69) is 0 Å². The zero-order chi connectivity index (χ0) is 9.03. The molecule has 0 aliphatic rings. The average Bonchev–Trinajstić information content (AvgIpc) is 2.53. The van der Waals surface area contributed by atoms with Crippen molar-refractivity contribution in [2.24, 2.45) is 0 Å². The minimum Gasteiger partial charge on any atom is -0.385 e. The molecule has 1 heterocycles. The maximum absolute atomic E-state index is 9.93. The fourth-order valence-electron chi connectivity index (χ4n) is 1.02. The molecule has 1 N–H and O–H groups in total. The molecule has 1 atom stereocenters. The molecule has 0 aliphatic heterocycles. The van der Waals surface area contributed by atoms with Gasteiger partial charge in [-0.25, -0.2) is 0 Å². The monoisotopic (exact) mass is 186 g/mol. The van der Waals surface area contributed by atoms with E-state index < -0.39 is 5.60 Å². The predicted molar refractivity (Wildman–Crippen MR) is 50.4 cm³/mol. The van der Waals surface area contributed by atoms with Gasteiger partial charge >= 0.3 is 0 Å². The first-order chi connectivity index (χ1) is 5.67. The van der Waals surface area contributed by atoms with Gasteiger partial charge in [-0.2, -0.15) is 11.3 Å². The summed E-state index contributed by atoms with van der Waals surface area (Å²) in [6.07, 6.45) is 0.639. The molecule has 0 spiro atoms. The van der Waals surface area contributed by atoms with Crippen molar-refractivity contribution in [2.45, 2.75) is 18.9 Å². The summed E-state index contributed by atoms with van der Waals surface area (Å²) in [5.41, 5.74) is 0.236. The van der Waals surface area contributed by atoms with Crippen LogP contribution in [0.3, 0.4) is 0 Å². The Balaban J connectivity index is 2.59. The van der Waals surface area contributed by atoms with E-state index in [0.29, 0.717) is 13.0 Å². The van der Waals surface area contributed by atoms with Gasteiger partial charge in [0.1, 0.15) is 0 Å². The highest BCUT2D eigenvalue weighted by atomic mass is 32.1. The molecule has 0 saturated heterocycles. The van der Waals surface area contributed by atoms with E-state index in [1.165, 1.54) is 0 Å². The number of thiophene rings is 1. The number of hydrogen-bond donors (Lipinski definition) is 1. The topological polar surface area (TPSA) is 29.5 Å². The molecule has 1 aromatic rings. The fraction of sp³-hybridized carbons (Fsp3) is 0.556. The van der Waals surface area contributed by atoms with E-state index in [1.807, 2.05) is 23.8 Å². The third kappa shape index (κ3) is 2.30. The Bertz CT molecular complexity index is 216. The highest BCUT2D eigenvalue weighted by molar-refractivity contribution is 7.08. The third-order valence-electron chi connectivity index (χ3n) is 1.94. The number of aliphatic hydroxyl groups is 1. The van der Waals surface area contributed by atoms with Crippen molar-refractivity contribution in [2.75, 3.05) is 13.7 Å². The van der Waals surface area contributed by atoms with Crippen molar-refractivity contribution >= 4 is 11.3 Å². The van der Waals surface area contributed by atoms with Crippen molar-refractivity contribution in [3.05, 3.63) is 22.4 Å². The molecule has 0 amide bonds. The second-order valence-corrected chi connectivity index (χ2v) is 3.81. The lowest BCUT2D eigenvalue weighted by molar-refractivity contribution is 0.0214. The van der Waals surface area contributed by atoms with Crippen molar-refractivity contribution < 1.29 is 9.84 Å². The van der Waals surface area contributed by atoms with Crippen molar-refractivity contribution in [3.8, 4) is 0 Å². The van der Waals surface area contributed by atoms with Crippen LogP contribution in [0.4, 0.5) is 0 Å². The van der Waals surface area contributed by atoms with Crippen LogP contribution in [-0.4, -0.2) is 18.8 Å². The summed E-state index contributed by atoms with van der Waals surface area (Å²) in [6, 6.07) is 1.94. The van der Waals surface area contributed by atoms with Gasteiger partial charge in [-0.3, -0.25) is 0 Å². The summed E-state index contributed by atoms with van der Waals surface area (Å²) in [5.74, 6) is 0. The first-order valence-corrected chi connectivity index (χ1v) is 4.85. The van der Waals surface area contributed by atoms with Gasteiger partial charge < -0.3 is 9.84 Å². The van der Waals surface area contributed by atoms with Crippen LogP contribution < -0.4 is 0 Å². The van der Waals surface area contributed by atoms with Gasteiger partial charge in [0.25, 0.3) is 0 Å². The van der Waals surface area contributed by atoms with Crippen LogP contribution in [0.25, 0.3) is 0 Å². The summed E-state index contributed by atoms with van der Waals surface area (Å²) in [4.78, 5) is 0. The molecular weight excluding hydrogens is 172 g/mol. The smallest absolute Gasteiger partial charge is 0.0898 e. The third-order valence-corrected chi connectivity index (χ3v) is 2.62. The molecule has 0 radical (unpaired) electrons. The molecule has 3 heteroatoms. The molecule has 2 nitrogen and oxygen atoms in total. The average molecular weight is 186 g/mol. The van der Waals surface area contributed by atoms with E-state index in [0.717, 1.165) is 5.56 Å². The van der Waals surface area contributed by atoms with Crippen LogP contribution in [0, 0.1) is 0 Å². The molecule has 1 aromatic heterocycles. The first kappa shape index (κ1) is 9.71. The standard InChI is InChI=1S/C9H14O2S/c1-9(10,4-5-11-2)8-3-6-12-7-8/h3,6-7,10H,4-5H2,1-2H3. The van der Waals surface area contributed by atoms with E-state index >= 15 is 0 Å². The van der Waals surface area contributed by atoms with Gasteiger partial charge in [-0.05, 0) is 29.3 Å². The number of methoxy groups -OCH3 is 1. The van der Waals surface area contributed by atoms with Crippen LogP contribution in [0.2, 0.25) is 0 Å². The zero-order valence-electron chi connectivity index (χ0n) is 7.41. The molecule has 0 aromatic carbocycles. The van der Waals surface area contributed by atoms with Gasteiger partial charge in [-0.1, -0.05) is 0 Å². The SMILES string of the molecule is COCCC(C)(O)c1ccsc1. The molecule has 0 saturated carbocycles. The molecule has 68 valence electrons. The Kier molecular flexibility index (Phi) is 3.26. The van der Waals surface area contributed by atoms with Crippen molar-refractivity contribution in [1.82, 2.24) is 0 Å². The minimum absolute atomic E-state index is 0.586. The Morgan fingerprint density at radius 1 is 1.67 bits per heavy atom. The Labute approximate surface area is 76.8 Å². The highest BCUT2D eigenvalue weighted by Gasteiger charge is 2.22. The van der Waals surface area contributed by atoms with Crippen LogP contribution in [-0.2, 0) is 10.3 Å². The lowest BCUT2D eigenvalue weighted by atomic mass is 9.96. The summed E-state index contributed by atoms with van der Waals surface area (Å²) >= 11 is 1.60. The second kappa shape index (κ2) is 4.03. The largest absolute Gasteiger partial charge is 0.385 e. The van der Waals surface area contributed by atoms with Crippen LogP contribution >= 0.6 is 11.3 Å². The maximum atomic E-state index is 9.93. The van der Waals surface area contributed by atoms with E-state index in [9.17, 15) is 5.11 Å². The molecule has 0 fully saturated rings. The van der Waals surface area contributed by atoms with Crippen LogP contribution in [0.1, 0.15) is 18.9 Å². The molecular formula is C9H14O2S. The van der Waals surface area contributed by atoms with Crippen molar-refractivity contribution in [3.63, 3.8) is 0 Å². The van der Waals surface area contributed by atoms with Gasteiger partial charge in [0.05, 0.1) is 5.60 Å². The molecule has 1 unspecified atom stereocenters. The second-order valence-electron chi connectivity index (χ2n) is 3.03. The maximum Gasteiger partial charge on any atom is 0.0898 e. The molecule has 0 aliphatic carbocycles. The van der Waals surface area contributed by atoms with Crippen molar-refractivity contribution in [1.29, 1.82) is 0 Å². The molecule has 12 heavy (non-hydrogen) atoms. The Morgan fingerprint density at radius 2 is 2.42 bits per heavy atom. The van der Waals surface area contributed by atoms with Gasteiger partial charge in [0, 0.05) is 20.1 Å². The number of rotatable bonds is 4. The minimum atomic E-state index is -0.740. The van der Waals surface area contributed by atoms with Gasteiger partial charge in [0.15, 0.2) is 0 Å². The zero-order valence-corrected chi connectivity index (χ0v) is 8.23. The highest BCUT2D eigenvalue weighted by Crippen LogP contribution is 2.25. The first-order valence-electron chi connectivity index (χ1n) is 3.91. The Hall–Kier alpha value is -0.380. The lowest BCUT2D eigenvalue weighted by Crippen LogP contribution is -2.22. The van der Waals surface area contributed by atoms with Crippen LogP contribution in [0.15, 0.2) is 16.8 Å². The summed E-state index contributed by atoms with van der Waals surface area (Å²) in [6.45, 7) is 2.40. The van der Waals surface area contributed by atoms with Gasteiger partial charge in [0.2, 0.25) is 0 Å². The molecule has 0 bridgehead atoms. The van der Waals surface area contributed by atoms with E-state index in [1.54, 1.807) is 18.4 Å². The lowest BCUT2D eigenvalue weighted by Gasteiger charge is -2.21.